The van der Waals surface area contributed by atoms with Gasteiger partial charge in [-0.05, 0) is 43.9 Å². The van der Waals surface area contributed by atoms with Gasteiger partial charge in [0.15, 0.2) is 0 Å². The van der Waals surface area contributed by atoms with E-state index in [1.165, 1.54) is 0 Å². The van der Waals surface area contributed by atoms with Crippen molar-refractivity contribution in [2.24, 2.45) is 0 Å². The number of aliphatic hydroxyl groups excluding tert-OH is 1. The van der Waals surface area contributed by atoms with Gasteiger partial charge >= 0.3 is 0 Å². The van der Waals surface area contributed by atoms with E-state index in [9.17, 15) is 13.5 Å². The first-order valence-electron chi connectivity index (χ1n) is 13.3. The largest absolute Gasteiger partial charge is 0.485 e. The summed E-state index contributed by atoms with van der Waals surface area (Å²) < 4.78 is 41.7. The van der Waals surface area contributed by atoms with Gasteiger partial charge in [0, 0.05) is 24.3 Å². The van der Waals surface area contributed by atoms with Crippen molar-refractivity contribution >= 4 is 15.7 Å². The lowest BCUT2D eigenvalue weighted by atomic mass is 10.1. The van der Waals surface area contributed by atoms with Crippen LogP contribution in [0.4, 0.5) is 5.69 Å². The van der Waals surface area contributed by atoms with Crippen molar-refractivity contribution in [3.8, 4) is 5.75 Å². The van der Waals surface area contributed by atoms with E-state index >= 15 is 0 Å². The Bertz CT molecular complexity index is 1080. The number of aliphatic hydroxyl groups is 1. The third kappa shape index (κ3) is 6.22. The molecule has 2 aliphatic rings. The number of benzene rings is 2. The number of hydrogen-bond donors (Lipinski definition) is 1. The molecule has 198 valence electrons. The second kappa shape index (κ2) is 12.4. The van der Waals surface area contributed by atoms with E-state index in [0.717, 1.165) is 56.3 Å². The van der Waals surface area contributed by atoms with Crippen molar-refractivity contribution in [2.75, 3.05) is 31.2 Å². The van der Waals surface area contributed by atoms with Crippen LogP contribution in [0.1, 0.15) is 57.9 Å². The normalized spacial score (nSPS) is 22.6. The van der Waals surface area contributed by atoms with E-state index < -0.39 is 16.1 Å². The molecule has 8 heteroatoms. The van der Waals surface area contributed by atoms with Crippen molar-refractivity contribution in [3.05, 3.63) is 54.1 Å². The Morgan fingerprint density at radius 3 is 2.72 bits per heavy atom. The Kier molecular flexibility index (Phi) is 9.28. The van der Waals surface area contributed by atoms with Gasteiger partial charge in [-0.2, -0.15) is 4.31 Å². The molecule has 3 atom stereocenters. The average Bonchev–Trinajstić information content (AvgIpc) is 3.32. The van der Waals surface area contributed by atoms with Crippen LogP contribution in [-0.2, 0) is 21.4 Å². The van der Waals surface area contributed by atoms with Crippen LogP contribution in [0, 0.1) is 0 Å². The fourth-order valence-electron chi connectivity index (χ4n) is 5.21. The van der Waals surface area contributed by atoms with Crippen LogP contribution in [0.3, 0.4) is 0 Å². The number of rotatable bonds is 11. The quantitative estimate of drug-likeness (QED) is 0.440. The molecule has 0 radical (unpaired) electrons. The van der Waals surface area contributed by atoms with Gasteiger partial charge < -0.3 is 19.5 Å². The molecule has 1 saturated heterocycles. The zero-order valence-corrected chi connectivity index (χ0v) is 22.3. The third-order valence-corrected chi connectivity index (χ3v) is 9.26. The molecule has 2 heterocycles. The minimum Gasteiger partial charge on any atom is -0.485 e. The molecule has 1 N–H and O–H groups in total. The zero-order chi connectivity index (χ0) is 25.5. The van der Waals surface area contributed by atoms with Gasteiger partial charge in [0.1, 0.15) is 16.7 Å². The number of ether oxygens (including phenoxy) is 2. The number of fused-ring (bicyclic) bond motifs is 1. The first-order chi connectivity index (χ1) is 17.4. The van der Waals surface area contributed by atoms with Gasteiger partial charge in [0.25, 0.3) is 0 Å². The van der Waals surface area contributed by atoms with Crippen molar-refractivity contribution in [1.82, 2.24) is 4.31 Å². The highest BCUT2D eigenvalue weighted by Crippen LogP contribution is 2.37. The summed E-state index contributed by atoms with van der Waals surface area (Å²) in [6.07, 6.45) is 5.47. The minimum absolute atomic E-state index is 0.0468. The molecule has 7 nitrogen and oxygen atoms in total. The molecule has 4 rings (SSSR count). The van der Waals surface area contributed by atoms with E-state index in [1.807, 2.05) is 49.4 Å². The summed E-state index contributed by atoms with van der Waals surface area (Å²) >= 11 is 0. The molecule has 0 bridgehead atoms. The number of nitrogens with zero attached hydrogens (tertiary/aromatic N) is 2. The van der Waals surface area contributed by atoms with Crippen molar-refractivity contribution in [1.29, 1.82) is 0 Å². The van der Waals surface area contributed by atoms with Gasteiger partial charge in [-0.1, -0.05) is 56.5 Å². The Hall–Kier alpha value is -2.13. The second-order valence-corrected chi connectivity index (χ2v) is 11.8. The van der Waals surface area contributed by atoms with E-state index in [4.69, 9.17) is 9.47 Å². The summed E-state index contributed by atoms with van der Waals surface area (Å²) in [5, 5.41) is 9.79. The van der Waals surface area contributed by atoms with Crippen LogP contribution in [0.5, 0.6) is 5.75 Å². The predicted molar refractivity (Wildman–Crippen MR) is 142 cm³/mol. The Morgan fingerprint density at radius 1 is 1.17 bits per heavy atom. The molecule has 0 saturated carbocycles. The molecule has 2 aliphatic heterocycles. The SMILES string of the molecule is CCCCC[C@@H](C)N1C[C@@H](COCc2ccccc2)Oc2cc(N3CCC[C@H]3CO)ccc2S1(=O)=O. The molecule has 0 aromatic heterocycles. The number of unbranched alkanes of at least 4 members (excludes halogenated alkanes) is 2. The highest BCUT2D eigenvalue weighted by Gasteiger charge is 2.38. The van der Waals surface area contributed by atoms with Crippen LogP contribution in [0.25, 0.3) is 0 Å². The van der Waals surface area contributed by atoms with Gasteiger partial charge in [0.2, 0.25) is 10.0 Å². The monoisotopic (exact) mass is 516 g/mol. The van der Waals surface area contributed by atoms with E-state index in [0.29, 0.717) is 12.4 Å². The van der Waals surface area contributed by atoms with Gasteiger partial charge in [0.05, 0.1) is 32.4 Å². The summed E-state index contributed by atoms with van der Waals surface area (Å²) in [7, 11) is -3.74. The predicted octanol–water partition coefficient (Wildman–Crippen LogP) is 4.59. The van der Waals surface area contributed by atoms with E-state index in [-0.39, 0.29) is 36.7 Å². The molecule has 36 heavy (non-hydrogen) atoms. The highest BCUT2D eigenvalue weighted by molar-refractivity contribution is 7.89. The Morgan fingerprint density at radius 2 is 1.97 bits per heavy atom. The fourth-order valence-corrected chi connectivity index (χ4v) is 7.00. The third-order valence-electron chi connectivity index (χ3n) is 7.24. The zero-order valence-electron chi connectivity index (χ0n) is 21.5. The molecule has 0 spiro atoms. The first kappa shape index (κ1) is 26.9. The maximum absolute atomic E-state index is 13.8. The maximum atomic E-state index is 13.8. The lowest BCUT2D eigenvalue weighted by Gasteiger charge is -2.28. The second-order valence-electron chi connectivity index (χ2n) is 9.96. The summed E-state index contributed by atoms with van der Waals surface area (Å²) in [5.41, 5.74) is 1.95. The van der Waals surface area contributed by atoms with Crippen molar-refractivity contribution in [2.45, 2.75) is 82.1 Å². The lowest BCUT2D eigenvalue weighted by molar-refractivity contribution is 0.0310. The Balaban J connectivity index is 1.60. The standard InChI is InChI=1S/C28H40N2O5S/c1-3-4-6-10-22(2)30-18-26(21-34-20-23-11-7-5-8-12-23)35-27-17-24(14-15-28(27)36(30,32)33)29-16-9-13-25(29)19-31/h5,7-8,11-12,14-15,17,22,25-26,31H,3-4,6,9-10,13,16,18-21H2,1-2H3/t22-,25+,26+/m1/s1. The van der Waals surface area contributed by atoms with Crippen LogP contribution < -0.4 is 9.64 Å². The maximum Gasteiger partial charge on any atom is 0.247 e. The summed E-state index contributed by atoms with van der Waals surface area (Å²) in [5.74, 6) is 0.368. The number of anilines is 1. The van der Waals surface area contributed by atoms with Gasteiger partial charge in [-0.15, -0.1) is 0 Å². The highest BCUT2D eigenvalue weighted by atomic mass is 32.2. The van der Waals surface area contributed by atoms with Crippen LogP contribution in [-0.4, -0.2) is 62.3 Å². The molecule has 0 amide bonds. The molecular formula is C28H40N2O5S. The molecule has 2 aromatic carbocycles. The lowest BCUT2D eigenvalue weighted by Crippen LogP contribution is -2.44. The summed E-state index contributed by atoms with van der Waals surface area (Å²) in [4.78, 5) is 2.35. The topological polar surface area (TPSA) is 79.3 Å². The van der Waals surface area contributed by atoms with E-state index in [2.05, 4.69) is 11.8 Å². The number of hydrogen-bond acceptors (Lipinski definition) is 6. The Labute approximate surface area is 216 Å². The van der Waals surface area contributed by atoms with Crippen LogP contribution in [0.2, 0.25) is 0 Å². The molecule has 2 aromatic rings. The van der Waals surface area contributed by atoms with Crippen molar-refractivity contribution < 1.29 is 23.0 Å². The number of sulfonamides is 1. The summed E-state index contributed by atoms with van der Waals surface area (Å²) in [6.45, 7) is 6.03. The summed E-state index contributed by atoms with van der Waals surface area (Å²) in [6, 6.07) is 15.2. The van der Waals surface area contributed by atoms with Gasteiger partial charge in [-0.3, -0.25) is 0 Å². The fraction of sp³-hybridized carbons (Fsp3) is 0.571. The van der Waals surface area contributed by atoms with Crippen molar-refractivity contribution in [3.63, 3.8) is 0 Å². The van der Waals surface area contributed by atoms with Crippen LogP contribution >= 0.6 is 0 Å². The minimum atomic E-state index is -3.74. The molecular weight excluding hydrogens is 476 g/mol. The first-order valence-corrected chi connectivity index (χ1v) is 14.7. The van der Waals surface area contributed by atoms with Crippen LogP contribution in [0.15, 0.2) is 53.4 Å². The van der Waals surface area contributed by atoms with Gasteiger partial charge in [-0.25, -0.2) is 8.42 Å². The van der Waals surface area contributed by atoms with E-state index in [1.54, 1.807) is 10.4 Å². The molecule has 0 unspecified atom stereocenters. The average molecular weight is 517 g/mol. The smallest absolute Gasteiger partial charge is 0.247 e. The molecule has 0 aliphatic carbocycles. The molecule has 1 fully saturated rings.